The molecule has 1 saturated carbocycles. The Labute approximate surface area is 209 Å². The summed E-state index contributed by atoms with van der Waals surface area (Å²) in [5.74, 6) is -0.00944. The number of amides is 1. The van der Waals surface area contributed by atoms with Gasteiger partial charge in [0.1, 0.15) is 4.90 Å². The molecule has 1 aliphatic heterocycles. The van der Waals surface area contributed by atoms with E-state index < -0.39 is 10.0 Å². The molecule has 1 aliphatic carbocycles. The van der Waals surface area contributed by atoms with Crippen LogP contribution < -0.4 is 14.9 Å². The monoisotopic (exact) mass is 498 g/mol. The molecule has 0 bridgehead atoms. The molecule has 0 spiro atoms. The molecule has 1 atom stereocenters. The normalized spacial score (nSPS) is 18.9. The van der Waals surface area contributed by atoms with Crippen molar-refractivity contribution in [3.63, 3.8) is 0 Å². The molecule has 190 valence electrons. The van der Waals surface area contributed by atoms with Gasteiger partial charge in [-0.3, -0.25) is 4.79 Å². The predicted octanol–water partition coefficient (Wildman–Crippen LogP) is 4.39. The van der Waals surface area contributed by atoms with Gasteiger partial charge in [-0.2, -0.15) is 0 Å². The topological polar surface area (TPSA) is 81.8 Å². The summed E-state index contributed by atoms with van der Waals surface area (Å²) in [6.45, 7) is 8.29. The van der Waals surface area contributed by atoms with Crippen molar-refractivity contribution in [3.8, 4) is 0 Å². The fourth-order valence-corrected chi connectivity index (χ4v) is 6.57. The molecule has 2 aliphatic rings. The van der Waals surface area contributed by atoms with E-state index in [-0.39, 0.29) is 22.8 Å². The number of likely N-dealkylation sites (N-methyl/N-ethyl adjacent to an activating group) is 1. The van der Waals surface area contributed by atoms with Gasteiger partial charge in [0.2, 0.25) is 15.9 Å². The molecule has 7 nitrogen and oxygen atoms in total. The summed E-state index contributed by atoms with van der Waals surface area (Å²) in [7, 11) is -3.85. The lowest BCUT2D eigenvalue weighted by Crippen LogP contribution is -2.46. The number of benzene rings is 2. The van der Waals surface area contributed by atoms with Gasteiger partial charge in [-0.1, -0.05) is 56.5 Å². The number of carbonyl (C=O) groups is 1. The highest BCUT2D eigenvalue weighted by Crippen LogP contribution is 2.32. The fraction of sp³-hybridized carbons (Fsp3) is 0.519. The molecular weight excluding hydrogens is 460 g/mol. The molecule has 2 aromatic carbocycles. The quantitative estimate of drug-likeness (QED) is 0.564. The van der Waals surface area contributed by atoms with Crippen LogP contribution >= 0.6 is 0 Å². The number of nitrogens with zero attached hydrogens (tertiary/aromatic N) is 2. The molecule has 4 rings (SSSR count). The summed E-state index contributed by atoms with van der Waals surface area (Å²) in [4.78, 5) is 17.6. The third kappa shape index (κ3) is 6.42. The molecule has 1 saturated heterocycles. The third-order valence-electron chi connectivity index (χ3n) is 7.28. The number of carbonyl (C=O) groups excluding carboxylic acids is 1. The maximum absolute atomic E-state index is 13.7. The fourth-order valence-electron chi connectivity index (χ4n) is 5.09. The van der Waals surface area contributed by atoms with Gasteiger partial charge in [0.25, 0.3) is 0 Å². The van der Waals surface area contributed by atoms with Crippen molar-refractivity contribution in [3.05, 3.63) is 54.1 Å². The van der Waals surface area contributed by atoms with Crippen LogP contribution in [0.1, 0.15) is 57.6 Å². The average Bonchev–Trinajstić information content (AvgIpc) is 2.89. The van der Waals surface area contributed by atoms with Crippen molar-refractivity contribution in [2.75, 3.05) is 42.9 Å². The summed E-state index contributed by atoms with van der Waals surface area (Å²) in [5.41, 5.74) is 2.12. The minimum Gasteiger partial charge on any atom is -0.368 e. The van der Waals surface area contributed by atoms with Crippen molar-refractivity contribution in [2.24, 2.45) is 5.92 Å². The Hall–Kier alpha value is -2.42. The van der Waals surface area contributed by atoms with E-state index in [1.165, 1.54) is 6.42 Å². The van der Waals surface area contributed by atoms with Gasteiger partial charge in [0.05, 0.1) is 5.69 Å². The van der Waals surface area contributed by atoms with Crippen molar-refractivity contribution < 1.29 is 13.2 Å². The standard InChI is InChI=1S/C27H38N4O3S/c1-3-30-16-18-31(19-17-30)25-15-14-24(28-27(32)23-12-8-5-9-13-23)20-26(25)35(33,34)29-21(2)22-10-6-4-7-11-22/h4,6-7,10-11,14-15,20-21,23,29H,3,5,8-9,12-13,16-19H2,1-2H3,(H,28,32)/t21-/m1/s1. The summed E-state index contributed by atoms with van der Waals surface area (Å²) in [6, 6.07) is 14.5. The molecule has 2 N–H and O–H groups in total. The first-order valence-electron chi connectivity index (χ1n) is 12.9. The van der Waals surface area contributed by atoms with Crippen LogP contribution in [0.15, 0.2) is 53.4 Å². The number of piperazine rings is 1. The van der Waals surface area contributed by atoms with E-state index in [1.54, 1.807) is 6.07 Å². The van der Waals surface area contributed by atoms with Gasteiger partial charge < -0.3 is 15.1 Å². The van der Waals surface area contributed by atoms with E-state index in [2.05, 4.69) is 26.8 Å². The summed E-state index contributed by atoms with van der Waals surface area (Å²) < 4.78 is 30.2. The number of sulfonamides is 1. The van der Waals surface area contributed by atoms with Gasteiger partial charge >= 0.3 is 0 Å². The van der Waals surface area contributed by atoms with Gasteiger partial charge in [-0.05, 0) is 50.1 Å². The molecule has 0 radical (unpaired) electrons. The lowest BCUT2D eigenvalue weighted by molar-refractivity contribution is -0.120. The second-order valence-corrected chi connectivity index (χ2v) is 11.4. The van der Waals surface area contributed by atoms with Crippen molar-refractivity contribution in [2.45, 2.75) is 56.9 Å². The van der Waals surface area contributed by atoms with E-state index >= 15 is 0 Å². The van der Waals surface area contributed by atoms with Gasteiger partial charge in [-0.15, -0.1) is 0 Å². The molecule has 8 heteroatoms. The molecule has 0 unspecified atom stereocenters. The van der Waals surface area contributed by atoms with Gasteiger partial charge in [-0.25, -0.2) is 13.1 Å². The Morgan fingerprint density at radius 3 is 2.34 bits per heavy atom. The van der Waals surface area contributed by atoms with Gasteiger partial charge in [0.15, 0.2) is 0 Å². The number of anilines is 2. The molecule has 0 aromatic heterocycles. The van der Waals surface area contributed by atoms with Crippen LogP contribution in [0, 0.1) is 5.92 Å². The Kier molecular flexibility index (Phi) is 8.46. The lowest BCUT2D eigenvalue weighted by atomic mass is 9.88. The summed E-state index contributed by atoms with van der Waals surface area (Å²) in [5, 5.41) is 3.00. The van der Waals surface area contributed by atoms with E-state index in [0.717, 1.165) is 64.0 Å². The van der Waals surface area contributed by atoms with Crippen LogP contribution in [0.3, 0.4) is 0 Å². The van der Waals surface area contributed by atoms with E-state index in [0.29, 0.717) is 11.4 Å². The Balaban J connectivity index is 1.61. The van der Waals surface area contributed by atoms with E-state index in [9.17, 15) is 13.2 Å². The Morgan fingerprint density at radius 1 is 1.00 bits per heavy atom. The average molecular weight is 499 g/mol. The molecule has 1 amide bonds. The van der Waals surface area contributed by atoms with E-state index in [4.69, 9.17) is 0 Å². The smallest absolute Gasteiger partial charge is 0.243 e. The largest absolute Gasteiger partial charge is 0.368 e. The molecule has 1 heterocycles. The zero-order chi connectivity index (χ0) is 24.8. The minimum absolute atomic E-state index is 0.00170. The summed E-state index contributed by atoms with van der Waals surface area (Å²) >= 11 is 0. The second-order valence-electron chi connectivity index (χ2n) is 9.68. The highest BCUT2D eigenvalue weighted by atomic mass is 32.2. The molecule has 35 heavy (non-hydrogen) atoms. The SMILES string of the molecule is CCN1CCN(c2ccc(NC(=O)C3CCCCC3)cc2S(=O)(=O)N[C@H](C)c2ccccc2)CC1. The third-order valence-corrected chi connectivity index (χ3v) is 8.85. The number of hydrogen-bond acceptors (Lipinski definition) is 5. The van der Waals surface area contributed by atoms with Gasteiger partial charge in [0, 0.05) is 43.8 Å². The van der Waals surface area contributed by atoms with Crippen LogP contribution in [-0.4, -0.2) is 51.9 Å². The number of hydrogen-bond donors (Lipinski definition) is 2. The Morgan fingerprint density at radius 2 is 1.69 bits per heavy atom. The maximum Gasteiger partial charge on any atom is 0.243 e. The van der Waals surface area contributed by atoms with E-state index in [1.807, 2.05) is 49.4 Å². The van der Waals surface area contributed by atoms with Crippen molar-refractivity contribution in [1.29, 1.82) is 0 Å². The summed E-state index contributed by atoms with van der Waals surface area (Å²) in [6.07, 6.45) is 5.11. The maximum atomic E-state index is 13.7. The highest BCUT2D eigenvalue weighted by Gasteiger charge is 2.28. The van der Waals surface area contributed by atoms with Crippen LogP contribution in [0.5, 0.6) is 0 Å². The first kappa shape index (κ1) is 25.7. The molecular formula is C27H38N4O3S. The zero-order valence-electron chi connectivity index (χ0n) is 20.9. The zero-order valence-corrected chi connectivity index (χ0v) is 21.7. The number of nitrogens with one attached hydrogen (secondary N) is 2. The van der Waals surface area contributed by atoms with Crippen LogP contribution in [0.4, 0.5) is 11.4 Å². The first-order chi connectivity index (χ1) is 16.9. The first-order valence-corrected chi connectivity index (χ1v) is 14.3. The molecule has 2 fully saturated rings. The number of rotatable bonds is 8. The van der Waals surface area contributed by atoms with Crippen LogP contribution in [-0.2, 0) is 14.8 Å². The second kappa shape index (κ2) is 11.5. The van der Waals surface area contributed by atoms with Crippen LogP contribution in [0.2, 0.25) is 0 Å². The lowest BCUT2D eigenvalue weighted by Gasteiger charge is -2.36. The van der Waals surface area contributed by atoms with Crippen molar-refractivity contribution >= 4 is 27.3 Å². The predicted molar refractivity (Wildman–Crippen MR) is 141 cm³/mol. The van der Waals surface area contributed by atoms with Crippen molar-refractivity contribution in [1.82, 2.24) is 9.62 Å². The minimum atomic E-state index is -3.85. The highest BCUT2D eigenvalue weighted by molar-refractivity contribution is 7.89. The Bertz CT molecular complexity index is 1090. The van der Waals surface area contributed by atoms with Crippen LogP contribution in [0.25, 0.3) is 0 Å². The molecule has 2 aromatic rings.